The van der Waals surface area contributed by atoms with E-state index in [1.807, 2.05) is 0 Å². The smallest absolute Gasteiger partial charge is 0.276 e. The lowest BCUT2D eigenvalue weighted by atomic mass is 10.2. The lowest BCUT2D eigenvalue weighted by Crippen LogP contribution is -2.43. The molecule has 0 bridgehead atoms. The highest BCUT2D eigenvalue weighted by Gasteiger charge is 2.22. The summed E-state index contributed by atoms with van der Waals surface area (Å²) in [6.07, 6.45) is 1.30. The van der Waals surface area contributed by atoms with Crippen LogP contribution in [0.5, 0.6) is 0 Å². The van der Waals surface area contributed by atoms with Gasteiger partial charge in [0.25, 0.3) is 5.91 Å². The topological polar surface area (TPSA) is 105 Å². The van der Waals surface area contributed by atoms with Crippen LogP contribution in [-0.2, 0) is 0 Å². The average molecular weight is 212 g/mol. The molecule has 1 rings (SSSR count). The maximum atomic E-state index is 11.7. The summed E-state index contributed by atoms with van der Waals surface area (Å²) in [6, 6.07) is 0.928. The van der Waals surface area contributed by atoms with Gasteiger partial charge in [-0.3, -0.25) is 4.79 Å². The van der Waals surface area contributed by atoms with Gasteiger partial charge in [-0.15, -0.1) is 0 Å². The number of aromatic nitrogens is 1. The molecule has 7 heteroatoms. The van der Waals surface area contributed by atoms with Crippen molar-refractivity contribution in [2.45, 2.75) is 13.0 Å². The minimum Gasteiger partial charge on any atom is -0.409 e. The van der Waals surface area contributed by atoms with Gasteiger partial charge in [0.05, 0.1) is 6.04 Å². The maximum absolute atomic E-state index is 11.7. The number of hydrogen-bond donors (Lipinski definition) is 2. The normalized spacial score (nSPS) is 13.6. The van der Waals surface area contributed by atoms with Gasteiger partial charge < -0.3 is 20.4 Å². The molecule has 7 nitrogen and oxygen atoms in total. The van der Waals surface area contributed by atoms with Crippen molar-refractivity contribution in [3.63, 3.8) is 0 Å². The number of carbonyl (C=O) groups excluding carboxylic acids is 1. The van der Waals surface area contributed by atoms with Crippen LogP contribution >= 0.6 is 0 Å². The Morgan fingerprint density at radius 1 is 1.80 bits per heavy atom. The minimum atomic E-state index is -0.515. The summed E-state index contributed by atoms with van der Waals surface area (Å²) >= 11 is 0. The number of rotatable bonds is 3. The van der Waals surface area contributed by atoms with E-state index in [9.17, 15) is 4.79 Å². The van der Waals surface area contributed by atoms with Gasteiger partial charge in [-0.1, -0.05) is 10.3 Å². The zero-order valence-electron chi connectivity index (χ0n) is 8.41. The fourth-order valence-electron chi connectivity index (χ4n) is 0.961. The molecule has 0 fully saturated rings. The highest BCUT2D eigenvalue weighted by atomic mass is 16.5. The fourth-order valence-corrected chi connectivity index (χ4v) is 0.961. The van der Waals surface area contributed by atoms with Crippen molar-refractivity contribution < 1.29 is 14.5 Å². The zero-order valence-corrected chi connectivity index (χ0v) is 8.41. The van der Waals surface area contributed by atoms with Crippen molar-refractivity contribution in [1.29, 1.82) is 0 Å². The standard InChI is InChI=1S/C8H12N4O3/c1-5(7(9)10-14)12(2)8(13)6-3-4-15-11-6/h3-5,14H,1-2H3,(H2,9,10). The van der Waals surface area contributed by atoms with Gasteiger partial charge in [0.2, 0.25) is 0 Å². The van der Waals surface area contributed by atoms with Crippen LogP contribution in [0.1, 0.15) is 17.4 Å². The predicted octanol–water partition coefficient (Wildman–Crippen LogP) is -0.119. The summed E-state index contributed by atoms with van der Waals surface area (Å²) in [4.78, 5) is 13.0. The first kappa shape index (κ1) is 11.0. The molecule has 0 saturated heterocycles. The van der Waals surface area contributed by atoms with E-state index < -0.39 is 6.04 Å². The van der Waals surface area contributed by atoms with Gasteiger partial charge in [0.1, 0.15) is 6.26 Å². The first-order valence-electron chi connectivity index (χ1n) is 4.23. The van der Waals surface area contributed by atoms with E-state index >= 15 is 0 Å². The first-order chi connectivity index (χ1) is 7.07. The molecule has 0 aliphatic rings. The molecule has 15 heavy (non-hydrogen) atoms. The van der Waals surface area contributed by atoms with Crippen LogP contribution in [0, 0.1) is 0 Å². The number of oxime groups is 1. The molecule has 0 aliphatic heterocycles. The lowest BCUT2D eigenvalue weighted by Gasteiger charge is -2.22. The Hall–Kier alpha value is -2.05. The summed E-state index contributed by atoms with van der Waals surface area (Å²) in [5, 5.41) is 14.8. The largest absolute Gasteiger partial charge is 0.409 e. The van der Waals surface area contributed by atoms with Crippen molar-refractivity contribution in [3.05, 3.63) is 18.0 Å². The molecule has 3 N–H and O–H groups in total. The van der Waals surface area contributed by atoms with Gasteiger partial charge in [-0.2, -0.15) is 0 Å². The summed E-state index contributed by atoms with van der Waals surface area (Å²) in [7, 11) is 1.53. The molecule has 1 atom stereocenters. The molecular weight excluding hydrogens is 200 g/mol. The van der Waals surface area contributed by atoms with E-state index in [1.165, 1.54) is 24.3 Å². The third-order valence-electron chi connectivity index (χ3n) is 2.10. The summed E-state index contributed by atoms with van der Waals surface area (Å²) in [5.41, 5.74) is 5.55. The van der Waals surface area contributed by atoms with Gasteiger partial charge in [0, 0.05) is 13.1 Å². The Bertz CT molecular complexity index is 360. The molecule has 1 aromatic heterocycles. The summed E-state index contributed by atoms with van der Waals surface area (Å²) < 4.78 is 4.54. The number of hydrogen-bond acceptors (Lipinski definition) is 5. The Morgan fingerprint density at radius 2 is 2.47 bits per heavy atom. The van der Waals surface area contributed by atoms with E-state index in [4.69, 9.17) is 10.9 Å². The van der Waals surface area contributed by atoms with Gasteiger partial charge >= 0.3 is 0 Å². The molecule has 1 heterocycles. The molecule has 0 aliphatic carbocycles. The molecule has 0 aromatic carbocycles. The summed E-state index contributed by atoms with van der Waals surface area (Å²) in [5.74, 6) is -0.405. The van der Waals surface area contributed by atoms with E-state index in [0.29, 0.717) is 0 Å². The van der Waals surface area contributed by atoms with Crippen LogP contribution in [-0.4, -0.2) is 40.1 Å². The highest BCUT2D eigenvalue weighted by molar-refractivity contribution is 5.96. The Morgan fingerprint density at radius 3 is 2.93 bits per heavy atom. The van der Waals surface area contributed by atoms with Gasteiger partial charge in [-0.25, -0.2) is 0 Å². The second-order valence-electron chi connectivity index (χ2n) is 3.00. The number of carbonyl (C=O) groups is 1. The maximum Gasteiger partial charge on any atom is 0.276 e. The quantitative estimate of drug-likeness (QED) is 0.314. The zero-order chi connectivity index (χ0) is 11.4. The number of amides is 1. The van der Waals surface area contributed by atoms with Crippen molar-refractivity contribution in [3.8, 4) is 0 Å². The van der Waals surface area contributed by atoms with Gasteiger partial charge in [-0.05, 0) is 6.92 Å². The van der Waals surface area contributed by atoms with E-state index in [0.717, 1.165) is 0 Å². The van der Waals surface area contributed by atoms with Crippen LogP contribution in [0.25, 0.3) is 0 Å². The molecule has 1 aromatic rings. The van der Waals surface area contributed by atoms with Crippen molar-refractivity contribution in [1.82, 2.24) is 10.1 Å². The van der Waals surface area contributed by atoms with Crippen LogP contribution in [0.2, 0.25) is 0 Å². The SMILES string of the molecule is CC(C(N)=NO)N(C)C(=O)c1ccon1. The van der Waals surface area contributed by atoms with Crippen LogP contribution in [0.3, 0.4) is 0 Å². The van der Waals surface area contributed by atoms with E-state index in [-0.39, 0.29) is 17.4 Å². The molecule has 1 amide bonds. The Kier molecular flexibility index (Phi) is 3.27. The van der Waals surface area contributed by atoms with Crippen LogP contribution in [0.15, 0.2) is 22.0 Å². The number of amidine groups is 1. The van der Waals surface area contributed by atoms with Crippen molar-refractivity contribution >= 4 is 11.7 Å². The van der Waals surface area contributed by atoms with Gasteiger partial charge in [0.15, 0.2) is 11.5 Å². The van der Waals surface area contributed by atoms with Crippen LogP contribution in [0.4, 0.5) is 0 Å². The number of nitrogens with two attached hydrogens (primary N) is 1. The number of nitrogens with zero attached hydrogens (tertiary/aromatic N) is 3. The first-order valence-corrected chi connectivity index (χ1v) is 4.23. The summed E-state index contributed by atoms with van der Waals surface area (Å²) in [6.45, 7) is 1.63. The van der Waals surface area contributed by atoms with E-state index in [1.54, 1.807) is 6.92 Å². The minimum absolute atomic E-state index is 0.0469. The highest BCUT2D eigenvalue weighted by Crippen LogP contribution is 2.04. The van der Waals surface area contributed by atoms with Crippen molar-refractivity contribution in [2.75, 3.05) is 7.05 Å². The third-order valence-corrected chi connectivity index (χ3v) is 2.10. The Labute approximate surface area is 86.1 Å². The predicted molar refractivity (Wildman–Crippen MR) is 51.5 cm³/mol. The lowest BCUT2D eigenvalue weighted by molar-refractivity contribution is 0.0766. The average Bonchev–Trinajstić information content (AvgIpc) is 2.78. The fraction of sp³-hybridized carbons (Fsp3) is 0.375. The number of likely N-dealkylation sites (N-methyl/N-ethyl adjacent to an activating group) is 1. The molecule has 1 unspecified atom stereocenters. The Balaban J connectivity index is 2.77. The molecule has 82 valence electrons. The second-order valence-corrected chi connectivity index (χ2v) is 3.00. The van der Waals surface area contributed by atoms with E-state index in [2.05, 4.69) is 14.8 Å². The van der Waals surface area contributed by atoms with Crippen LogP contribution < -0.4 is 5.73 Å². The molecular formula is C8H12N4O3. The molecule has 0 radical (unpaired) electrons. The molecule has 0 spiro atoms. The van der Waals surface area contributed by atoms with Crippen molar-refractivity contribution in [2.24, 2.45) is 10.9 Å². The molecule has 0 saturated carbocycles. The monoisotopic (exact) mass is 212 g/mol. The third kappa shape index (κ3) is 2.25. The second kappa shape index (κ2) is 4.45.